The van der Waals surface area contributed by atoms with Gasteiger partial charge in [-0.05, 0) is 38.3 Å². The van der Waals surface area contributed by atoms with Gasteiger partial charge in [-0.3, -0.25) is 10.3 Å². The molecule has 1 fully saturated rings. The molecular weight excluding hydrogens is 186 g/mol. The SMILES string of the molecule is CCC1CCN(C(CC)CC(=N)N)CC1. The predicted molar refractivity (Wildman–Crippen MR) is 65.2 cm³/mol. The number of amidine groups is 1. The summed E-state index contributed by atoms with van der Waals surface area (Å²) in [5.41, 5.74) is 5.49. The third kappa shape index (κ3) is 3.82. The standard InChI is InChI=1S/C12H25N3/c1-3-10-5-7-15(8-6-10)11(4-2)9-12(13)14/h10-11H,3-9H2,1-2H3,(H3,13,14). The molecular formula is C12H25N3. The fraction of sp³-hybridized carbons (Fsp3) is 0.917. The monoisotopic (exact) mass is 211 g/mol. The summed E-state index contributed by atoms with van der Waals surface area (Å²) in [5, 5.41) is 7.37. The lowest BCUT2D eigenvalue weighted by atomic mass is 9.92. The highest BCUT2D eigenvalue weighted by Gasteiger charge is 2.23. The number of hydrogen-bond acceptors (Lipinski definition) is 2. The molecule has 1 unspecified atom stereocenters. The van der Waals surface area contributed by atoms with Crippen LogP contribution in [0.3, 0.4) is 0 Å². The Labute approximate surface area is 93.5 Å². The predicted octanol–water partition coefficient (Wildman–Crippen LogP) is 2.21. The molecule has 3 N–H and O–H groups in total. The van der Waals surface area contributed by atoms with Crippen LogP contribution in [0.4, 0.5) is 0 Å². The van der Waals surface area contributed by atoms with Crippen LogP contribution in [-0.2, 0) is 0 Å². The average Bonchev–Trinajstić information content (AvgIpc) is 2.26. The van der Waals surface area contributed by atoms with Crippen molar-refractivity contribution < 1.29 is 0 Å². The first kappa shape index (κ1) is 12.5. The van der Waals surface area contributed by atoms with Crippen LogP contribution >= 0.6 is 0 Å². The second kappa shape index (κ2) is 6.11. The van der Waals surface area contributed by atoms with Crippen molar-refractivity contribution in [1.29, 1.82) is 5.41 Å². The van der Waals surface area contributed by atoms with Gasteiger partial charge in [0.05, 0.1) is 5.84 Å². The van der Waals surface area contributed by atoms with Gasteiger partial charge in [-0.25, -0.2) is 0 Å². The fourth-order valence-corrected chi connectivity index (χ4v) is 2.51. The average molecular weight is 211 g/mol. The zero-order valence-electron chi connectivity index (χ0n) is 10.1. The van der Waals surface area contributed by atoms with E-state index >= 15 is 0 Å². The Morgan fingerprint density at radius 3 is 2.40 bits per heavy atom. The molecule has 3 heteroatoms. The molecule has 88 valence electrons. The summed E-state index contributed by atoms with van der Waals surface area (Å²) in [4.78, 5) is 2.52. The third-order valence-corrected chi connectivity index (χ3v) is 3.67. The number of nitrogens with two attached hydrogens (primary N) is 1. The molecule has 3 nitrogen and oxygen atoms in total. The highest BCUT2D eigenvalue weighted by Crippen LogP contribution is 2.23. The van der Waals surface area contributed by atoms with Crippen LogP contribution in [-0.4, -0.2) is 29.9 Å². The molecule has 0 amide bonds. The van der Waals surface area contributed by atoms with E-state index < -0.39 is 0 Å². The number of likely N-dealkylation sites (tertiary alicyclic amines) is 1. The Kier molecular flexibility index (Phi) is 5.09. The number of nitrogens with one attached hydrogen (secondary N) is 1. The minimum absolute atomic E-state index is 0.333. The minimum atomic E-state index is 0.333. The zero-order chi connectivity index (χ0) is 11.3. The topological polar surface area (TPSA) is 53.1 Å². The fourth-order valence-electron chi connectivity index (χ4n) is 2.51. The van der Waals surface area contributed by atoms with Gasteiger partial charge >= 0.3 is 0 Å². The van der Waals surface area contributed by atoms with Crippen molar-refractivity contribution in [1.82, 2.24) is 4.90 Å². The summed E-state index contributed by atoms with van der Waals surface area (Å²) in [7, 11) is 0. The van der Waals surface area contributed by atoms with E-state index in [2.05, 4.69) is 18.7 Å². The molecule has 0 aromatic carbocycles. The van der Waals surface area contributed by atoms with Gasteiger partial charge in [-0.15, -0.1) is 0 Å². The van der Waals surface area contributed by atoms with Gasteiger partial charge in [0.2, 0.25) is 0 Å². The van der Waals surface area contributed by atoms with Crippen molar-refractivity contribution in [3.8, 4) is 0 Å². The van der Waals surface area contributed by atoms with Crippen LogP contribution in [0.15, 0.2) is 0 Å². The van der Waals surface area contributed by atoms with Gasteiger partial charge in [-0.2, -0.15) is 0 Å². The van der Waals surface area contributed by atoms with Crippen LogP contribution in [0.2, 0.25) is 0 Å². The van der Waals surface area contributed by atoms with Crippen LogP contribution in [0, 0.1) is 11.3 Å². The summed E-state index contributed by atoms with van der Waals surface area (Å²) in [5.74, 6) is 1.26. The van der Waals surface area contributed by atoms with Crippen molar-refractivity contribution in [2.24, 2.45) is 11.7 Å². The quantitative estimate of drug-likeness (QED) is 0.541. The molecule has 1 rings (SSSR count). The molecule has 1 aliphatic heterocycles. The highest BCUT2D eigenvalue weighted by atomic mass is 15.2. The van der Waals surface area contributed by atoms with Crippen LogP contribution < -0.4 is 5.73 Å². The van der Waals surface area contributed by atoms with E-state index in [1.165, 1.54) is 32.4 Å². The van der Waals surface area contributed by atoms with Crippen LogP contribution in [0.1, 0.15) is 46.0 Å². The molecule has 0 aromatic heterocycles. The molecule has 1 saturated heterocycles. The Hall–Kier alpha value is -0.570. The van der Waals surface area contributed by atoms with E-state index in [1.807, 2.05) is 0 Å². The minimum Gasteiger partial charge on any atom is -0.388 e. The number of nitrogens with zero attached hydrogens (tertiary/aromatic N) is 1. The number of rotatable bonds is 5. The van der Waals surface area contributed by atoms with Gasteiger partial charge in [0, 0.05) is 12.5 Å². The summed E-state index contributed by atoms with van der Waals surface area (Å²) < 4.78 is 0. The first-order valence-electron chi connectivity index (χ1n) is 6.24. The molecule has 0 bridgehead atoms. The van der Waals surface area contributed by atoms with E-state index in [0.717, 1.165) is 18.8 Å². The molecule has 1 heterocycles. The molecule has 0 radical (unpaired) electrons. The van der Waals surface area contributed by atoms with Gasteiger partial charge in [-0.1, -0.05) is 20.3 Å². The van der Waals surface area contributed by atoms with Crippen molar-refractivity contribution in [3.05, 3.63) is 0 Å². The van der Waals surface area contributed by atoms with E-state index in [0.29, 0.717) is 11.9 Å². The third-order valence-electron chi connectivity index (χ3n) is 3.67. The second-order valence-electron chi connectivity index (χ2n) is 4.68. The zero-order valence-corrected chi connectivity index (χ0v) is 10.1. The van der Waals surface area contributed by atoms with Gasteiger partial charge in [0.25, 0.3) is 0 Å². The molecule has 1 atom stereocenters. The summed E-state index contributed by atoms with van der Waals surface area (Å²) in [6.45, 7) is 6.88. The Morgan fingerprint density at radius 2 is 2.00 bits per heavy atom. The molecule has 0 aliphatic carbocycles. The smallest absolute Gasteiger partial charge is 0.0921 e. The maximum atomic E-state index is 7.37. The van der Waals surface area contributed by atoms with E-state index in [1.54, 1.807) is 0 Å². The molecule has 1 aliphatic rings. The van der Waals surface area contributed by atoms with Gasteiger partial charge in [0.15, 0.2) is 0 Å². The van der Waals surface area contributed by atoms with Gasteiger partial charge in [0.1, 0.15) is 0 Å². The maximum absolute atomic E-state index is 7.37. The lowest BCUT2D eigenvalue weighted by Crippen LogP contribution is -2.42. The van der Waals surface area contributed by atoms with E-state index in [4.69, 9.17) is 11.1 Å². The normalized spacial score (nSPS) is 21.5. The molecule has 0 saturated carbocycles. The van der Waals surface area contributed by atoms with Crippen molar-refractivity contribution in [2.45, 2.75) is 52.0 Å². The maximum Gasteiger partial charge on any atom is 0.0921 e. The van der Waals surface area contributed by atoms with Crippen LogP contribution in [0.25, 0.3) is 0 Å². The Morgan fingerprint density at radius 1 is 1.40 bits per heavy atom. The number of piperidine rings is 1. The lowest BCUT2D eigenvalue weighted by molar-refractivity contribution is 0.130. The Balaban J connectivity index is 2.39. The number of hydrogen-bond donors (Lipinski definition) is 2. The summed E-state index contributed by atoms with van der Waals surface area (Å²) in [6.07, 6.45) is 5.82. The van der Waals surface area contributed by atoms with Gasteiger partial charge < -0.3 is 5.73 Å². The van der Waals surface area contributed by atoms with Crippen molar-refractivity contribution >= 4 is 5.84 Å². The van der Waals surface area contributed by atoms with Crippen molar-refractivity contribution in [3.63, 3.8) is 0 Å². The summed E-state index contributed by atoms with van der Waals surface area (Å²) >= 11 is 0. The molecule has 0 aromatic rings. The molecule has 0 spiro atoms. The van der Waals surface area contributed by atoms with Crippen LogP contribution in [0.5, 0.6) is 0 Å². The Bertz CT molecular complexity index is 195. The van der Waals surface area contributed by atoms with Crippen molar-refractivity contribution in [2.75, 3.05) is 13.1 Å². The largest absolute Gasteiger partial charge is 0.388 e. The second-order valence-corrected chi connectivity index (χ2v) is 4.68. The highest BCUT2D eigenvalue weighted by molar-refractivity contribution is 5.77. The first-order chi connectivity index (χ1) is 7.17. The first-order valence-corrected chi connectivity index (χ1v) is 6.24. The van der Waals surface area contributed by atoms with E-state index in [-0.39, 0.29) is 0 Å². The van der Waals surface area contributed by atoms with E-state index in [9.17, 15) is 0 Å². The lowest BCUT2D eigenvalue weighted by Gasteiger charge is -2.37. The molecule has 15 heavy (non-hydrogen) atoms. The summed E-state index contributed by atoms with van der Waals surface area (Å²) in [6, 6.07) is 0.500.